The minimum Gasteiger partial charge on any atom is -0.321 e. The highest BCUT2D eigenvalue weighted by atomic mass is 79.9. The molecule has 19 heavy (non-hydrogen) atoms. The number of amides is 1. The zero-order chi connectivity index (χ0) is 13.8. The Morgan fingerprint density at radius 2 is 1.95 bits per heavy atom. The van der Waals surface area contributed by atoms with Crippen LogP contribution in [0.25, 0.3) is 0 Å². The van der Waals surface area contributed by atoms with E-state index in [4.69, 9.17) is 0 Å². The first-order chi connectivity index (χ1) is 9.10. The Balaban J connectivity index is 2.05. The molecule has 1 aromatic heterocycles. The lowest BCUT2D eigenvalue weighted by Gasteiger charge is -2.10. The molecule has 1 N–H and O–H groups in total. The summed E-state index contributed by atoms with van der Waals surface area (Å²) in [7, 11) is 0. The number of benzene rings is 1. The van der Waals surface area contributed by atoms with Gasteiger partial charge >= 0.3 is 0 Å². The molecule has 100 valence electrons. The number of anilines is 1. The lowest BCUT2D eigenvalue weighted by Crippen LogP contribution is -2.10. The third-order valence-corrected chi connectivity index (χ3v) is 4.77. The van der Waals surface area contributed by atoms with Crippen molar-refractivity contribution < 1.29 is 4.79 Å². The van der Waals surface area contributed by atoms with Gasteiger partial charge in [-0.25, -0.2) is 0 Å². The summed E-state index contributed by atoms with van der Waals surface area (Å²) in [6.07, 6.45) is 1.12. The third-order valence-electron chi connectivity index (χ3n) is 3.15. The van der Waals surface area contributed by atoms with Crippen molar-refractivity contribution in [1.29, 1.82) is 0 Å². The number of rotatable bonds is 4. The van der Waals surface area contributed by atoms with Crippen LogP contribution in [0.1, 0.15) is 41.4 Å². The zero-order valence-corrected chi connectivity index (χ0v) is 13.3. The van der Waals surface area contributed by atoms with Crippen LogP contribution in [0.5, 0.6) is 0 Å². The average Bonchev–Trinajstić information content (AvgIpc) is 2.85. The lowest BCUT2D eigenvalue weighted by atomic mass is 9.99. The Kier molecular flexibility index (Phi) is 4.77. The first kappa shape index (κ1) is 14.3. The van der Waals surface area contributed by atoms with E-state index in [0.717, 1.165) is 15.9 Å². The Morgan fingerprint density at radius 1 is 1.26 bits per heavy atom. The Bertz CT molecular complexity index is 562. The molecule has 1 atom stereocenters. The summed E-state index contributed by atoms with van der Waals surface area (Å²) in [5.41, 5.74) is 2.14. The Labute approximate surface area is 126 Å². The predicted molar refractivity (Wildman–Crippen MR) is 85.1 cm³/mol. The largest absolute Gasteiger partial charge is 0.321 e. The van der Waals surface area contributed by atoms with Crippen molar-refractivity contribution in [3.63, 3.8) is 0 Å². The monoisotopic (exact) mass is 337 g/mol. The third kappa shape index (κ3) is 3.67. The molecule has 2 nitrogen and oxygen atoms in total. The minimum absolute atomic E-state index is 0.0630. The molecule has 2 rings (SSSR count). The molecule has 1 heterocycles. The van der Waals surface area contributed by atoms with Crippen LogP contribution in [0.3, 0.4) is 0 Å². The highest BCUT2D eigenvalue weighted by Gasteiger charge is 2.09. The van der Waals surface area contributed by atoms with E-state index >= 15 is 0 Å². The smallest absolute Gasteiger partial charge is 0.265 e. The second kappa shape index (κ2) is 6.35. The fourth-order valence-corrected chi connectivity index (χ4v) is 3.04. The van der Waals surface area contributed by atoms with Crippen LogP contribution in [0.15, 0.2) is 40.2 Å². The van der Waals surface area contributed by atoms with Gasteiger partial charge in [0.05, 0.1) is 8.66 Å². The van der Waals surface area contributed by atoms with Gasteiger partial charge in [-0.2, -0.15) is 0 Å². The predicted octanol–water partition coefficient (Wildman–Crippen LogP) is 5.28. The van der Waals surface area contributed by atoms with Crippen molar-refractivity contribution in [1.82, 2.24) is 0 Å². The second-order valence-electron chi connectivity index (χ2n) is 4.49. The van der Waals surface area contributed by atoms with Gasteiger partial charge in [-0.05, 0) is 58.1 Å². The van der Waals surface area contributed by atoms with Gasteiger partial charge in [-0.1, -0.05) is 26.0 Å². The van der Waals surface area contributed by atoms with E-state index in [0.29, 0.717) is 10.8 Å². The first-order valence-corrected chi connectivity index (χ1v) is 7.87. The van der Waals surface area contributed by atoms with Crippen molar-refractivity contribution in [2.45, 2.75) is 26.2 Å². The molecule has 0 aliphatic carbocycles. The molecular formula is C15H16BrNOS. The number of carbonyl (C=O) groups is 1. The molecule has 1 unspecified atom stereocenters. The molecule has 0 radical (unpaired) electrons. The molecular weight excluding hydrogens is 322 g/mol. The highest BCUT2D eigenvalue weighted by Crippen LogP contribution is 2.24. The summed E-state index contributed by atoms with van der Waals surface area (Å²) >= 11 is 4.79. The van der Waals surface area contributed by atoms with Gasteiger partial charge in [0, 0.05) is 5.69 Å². The number of thiophene rings is 1. The summed E-state index contributed by atoms with van der Waals surface area (Å²) < 4.78 is 0.963. The minimum atomic E-state index is -0.0630. The molecule has 0 spiro atoms. The SMILES string of the molecule is CCC(C)c1ccc(NC(=O)c2ccc(Br)s2)cc1. The number of halogens is 1. The summed E-state index contributed by atoms with van der Waals surface area (Å²) in [5, 5.41) is 2.91. The maximum absolute atomic E-state index is 12.0. The van der Waals surface area contributed by atoms with Gasteiger partial charge in [0.2, 0.25) is 0 Å². The molecule has 1 amide bonds. The second-order valence-corrected chi connectivity index (χ2v) is 6.95. The maximum Gasteiger partial charge on any atom is 0.265 e. The van der Waals surface area contributed by atoms with Crippen LogP contribution in [0.4, 0.5) is 5.69 Å². The standard InChI is InChI=1S/C15H16BrNOS/c1-3-10(2)11-4-6-12(7-5-11)17-15(18)13-8-9-14(16)19-13/h4-10H,3H2,1-2H3,(H,17,18). The van der Waals surface area contributed by atoms with E-state index in [1.807, 2.05) is 24.3 Å². The van der Waals surface area contributed by atoms with Crippen molar-refractivity contribution >= 4 is 38.9 Å². The van der Waals surface area contributed by atoms with Crippen LogP contribution in [0.2, 0.25) is 0 Å². The molecule has 4 heteroatoms. The van der Waals surface area contributed by atoms with Crippen LogP contribution < -0.4 is 5.32 Å². The van der Waals surface area contributed by atoms with Gasteiger partial charge in [0.1, 0.15) is 0 Å². The van der Waals surface area contributed by atoms with E-state index in [2.05, 4.69) is 47.2 Å². The maximum atomic E-state index is 12.0. The van der Waals surface area contributed by atoms with Crippen LogP contribution in [-0.2, 0) is 0 Å². The quantitative estimate of drug-likeness (QED) is 0.808. The first-order valence-electron chi connectivity index (χ1n) is 6.26. The molecule has 2 aromatic rings. The van der Waals surface area contributed by atoms with E-state index in [-0.39, 0.29) is 5.91 Å². The summed E-state index contributed by atoms with van der Waals surface area (Å²) in [4.78, 5) is 12.7. The zero-order valence-electron chi connectivity index (χ0n) is 10.9. The van der Waals surface area contributed by atoms with E-state index in [1.165, 1.54) is 16.9 Å². The number of nitrogens with one attached hydrogen (secondary N) is 1. The Hall–Kier alpha value is -1.13. The molecule has 0 saturated carbocycles. The van der Waals surface area contributed by atoms with Crippen molar-refractivity contribution in [3.05, 3.63) is 50.6 Å². The fraction of sp³-hybridized carbons (Fsp3) is 0.267. The van der Waals surface area contributed by atoms with Gasteiger partial charge in [-0.15, -0.1) is 11.3 Å². The van der Waals surface area contributed by atoms with Crippen molar-refractivity contribution in [2.75, 3.05) is 5.32 Å². The van der Waals surface area contributed by atoms with Crippen molar-refractivity contribution in [3.8, 4) is 0 Å². The highest BCUT2D eigenvalue weighted by molar-refractivity contribution is 9.11. The molecule has 0 saturated heterocycles. The summed E-state index contributed by atoms with van der Waals surface area (Å²) in [6, 6.07) is 11.8. The van der Waals surface area contributed by atoms with Crippen LogP contribution >= 0.6 is 27.3 Å². The molecule has 0 aliphatic heterocycles. The molecule has 0 fully saturated rings. The van der Waals surface area contributed by atoms with E-state index < -0.39 is 0 Å². The number of hydrogen-bond acceptors (Lipinski definition) is 2. The van der Waals surface area contributed by atoms with E-state index in [9.17, 15) is 4.79 Å². The number of carbonyl (C=O) groups excluding carboxylic acids is 1. The van der Waals surface area contributed by atoms with E-state index in [1.54, 1.807) is 0 Å². The topological polar surface area (TPSA) is 29.1 Å². The summed E-state index contributed by atoms with van der Waals surface area (Å²) in [5.74, 6) is 0.491. The van der Waals surface area contributed by atoms with Gasteiger partial charge in [0.25, 0.3) is 5.91 Å². The molecule has 0 bridgehead atoms. The summed E-state index contributed by atoms with van der Waals surface area (Å²) in [6.45, 7) is 4.38. The molecule has 1 aromatic carbocycles. The molecule has 0 aliphatic rings. The lowest BCUT2D eigenvalue weighted by molar-refractivity contribution is 0.103. The van der Waals surface area contributed by atoms with Crippen LogP contribution in [0, 0.1) is 0 Å². The van der Waals surface area contributed by atoms with Crippen molar-refractivity contribution in [2.24, 2.45) is 0 Å². The van der Waals surface area contributed by atoms with Gasteiger partial charge in [-0.3, -0.25) is 4.79 Å². The normalized spacial score (nSPS) is 12.2. The Morgan fingerprint density at radius 3 is 2.47 bits per heavy atom. The fourth-order valence-electron chi connectivity index (χ4n) is 1.76. The van der Waals surface area contributed by atoms with Gasteiger partial charge in [0.15, 0.2) is 0 Å². The number of hydrogen-bond donors (Lipinski definition) is 1. The van der Waals surface area contributed by atoms with Gasteiger partial charge < -0.3 is 5.32 Å². The van der Waals surface area contributed by atoms with Crippen LogP contribution in [-0.4, -0.2) is 5.91 Å². The average molecular weight is 338 g/mol.